The van der Waals surface area contributed by atoms with Gasteiger partial charge in [-0.1, -0.05) is 6.07 Å². The van der Waals surface area contributed by atoms with Crippen molar-refractivity contribution >= 4 is 23.5 Å². The van der Waals surface area contributed by atoms with Gasteiger partial charge in [0.05, 0.1) is 24.8 Å². The number of aryl methyl sites for hydroxylation is 1. The van der Waals surface area contributed by atoms with Crippen LogP contribution in [0.4, 0.5) is 5.69 Å². The van der Waals surface area contributed by atoms with E-state index < -0.39 is 24.5 Å². The van der Waals surface area contributed by atoms with E-state index in [9.17, 15) is 14.4 Å². The molecular weight excluding hydrogens is 350 g/mol. The quantitative estimate of drug-likeness (QED) is 0.753. The van der Waals surface area contributed by atoms with Gasteiger partial charge < -0.3 is 19.5 Å². The van der Waals surface area contributed by atoms with Gasteiger partial charge >= 0.3 is 11.9 Å². The smallest absolute Gasteiger partial charge is 0.338 e. The van der Waals surface area contributed by atoms with E-state index >= 15 is 0 Å². The zero-order chi connectivity index (χ0) is 19.8. The first-order chi connectivity index (χ1) is 12.9. The molecule has 1 amide bonds. The number of anilines is 1. The van der Waals surface area contributed by atoms with Crippen molar-refractivity contribution in [1.29, 1.82) is 0 Å². The Morgan fingerprint density at radius 2 is 1.63 bits per heavy atom. The molecule has 7 heteroatoms. The van der Waals surface area contributed by atoms with Crippen LogP contribution in [0.15, 0.2) is 42.5 Å². The number of esters is 2. The summed E-state index contributed by atoms with van der Waals surface area (Å²) >= 11 is 0. The average molecular weight is 371 g/mol. The molecule has 7 nitrogen and oxygen atoms in total. The summed E-state index contributed by atoms with van der Waals surface area (Å²) in [5.41, 5.74) is 1.83. The highest BCUT2D eigenvalue weighted by Crippen LogP contribution is 2.18. The van der Waals surface area contributed by atoms with Crippen LogP contribution in [-0.2, 0) is 14.3 Å². The second-order valence-electron chi connectivity index (χ2n) is 5.60. The highest BCUT2D eigenvalue weighted by Gasteiger charge is 2.13. The molecule has 0 saturated heterocycles. The molecule has 27 heavy (non-hydrogen) atoms. The Hall–Kier alpha value is -3.35. The van der Waals surface area contributed by atoms with Crippen molar-refractivity contribution in [2.45, 2.75) is 13.8 Å². The maximum atomic E-state index is 12.1. The summed E-state index contributed by atoms with van der Waals surface area (Å²) in [6, 6.07) is 11.2. The summed E-state index contributed by atoms with van der Waals surface area (Å²) in [7, 11) is 1.28. The van der Waals surface area contributed by atoms with Gasteiger partial charge in [0.1, 0.15) is 5.75 Å². The van der Waals surface area contributed by atoms with Crippen LogP contribution >= 0.6 is 0 Å². The molecule has 0 bridgehead atoms. The van der Waals surface area contributed by atoms with Crippen LogP contribution in [0.3, 0.4) is 0 Å². The lowest BCUT2D eigenvalue weighted by Crippen LogP contribution is -2.21. The number of ether oxygens (including phenoxy) is 3. The summed E-state index contributed by atoms with van der Waals surface area (Å²) in [6.45, 7) is 3.72. The Morgan fingerprint density at radius 3 is 2.26 bits per heavy atom. The molecule has 0 fully saturated rings. The molecule has 1 N–H and O–H groups in total. The Bertz CT molecular complexity index is 829. The normalized spacial score (nSPS) is 10.0. The van der Waals surface area contributed by atoms with Crippen LogP contribution < -0.4 is 10.1 Å². The fourth-order valence-corrected chi connectivity index (χ4v) is 2.26. The van der Waals surface area contributed by atoms with Gasteiger partial charge in [0.15, 0.2) is 6.61 Å². The zero-order valence-corrected chi connectivity index (χ0v) is 15.4. The van der Waals surface area contributed by atoms with Crippen LogP contribution in [0, 0.1) is 6.92 Å². The van der Waals surface area contributed by atoms with Gasteiger partial charge in [-0.25, -0.2) is 9.59 Å². The van der Waals surface area contributed by atoms with E-state index in [0.717, 1.165) is 5.56 Å². The number of hydrogen-bond donors (Lipinski definition) is 1. The first-order valence-electron chi connectivity index (χ1n) is 8.33. The van der Waals surface area contributed by atoms with Crippen LogP contribution in [0.2, 0.25) is 0 Å². The molecule has 0 aromatic heterocycles. The third-order valence-electron chi connectivity index (χ3n) is 3.67. The second-order valence-corrected chi connectivity index (χ2v) is 5.60. The lowest BCUT2D eigenvalue weighted by Gasteiger charge is -2.10. The Balaban J connectivity index is 1.94. The predicted molar refractivity (Wildman–Crippen MR) is 99.0 cm³/mol. The van der Waals surface area contributed by atoms with E-state index in [1.807, 2.05) is 6.92 Å². The summed E-state index contributed by atoms with van der Waals surface area (Å²) in [5, 5.41) is 2.62. The van der Waals surface area contributed by atoms with Crippen molar-refractivity contribution in [1.82, 2.24) is 0 Å². The largest absolute Gasteiger partial charge is 0.494 e. The topological polar surface area (TPSA) is 90.9 Å². The van der Waals surface area contributed by atoms with E-state index in [4.69, 9.17) is 9.47 Å². The number of amides is 1. The second kappa shape index (κ2) is 9.38. The van der Waals surface area contributed by atoms with E-state index in [2.05, 4.69) is 10.1 Å². The van der Waals surface area contributed by atoms with Crippen LogP contribution in [0.25, 0.3) is 0 Å². The molecule has 0 spiro atoms. The maximum Gasteiger partial charge on any atom is 0.338 e. The van der Waals surface area contributed by atoms with Gasteiger partial charge in [-0.3, -0.25) is 4.79 Å². The molecule has 0 atom stereocenters. The average Bonchev–Trinajstić information content (AvgIpc) is 2.68. The molecule has 0 saturated carbocycles. The lowest BCUT2D eigenvalue weighted by atomic mass is 10.1. The SMILES string of the molecule is CCOc1ccc(C(=O)OCC(=O)Nc2cc(C(=O)OC)ccc2C)cc1. The minimum Gasteiger partial charge on any atom is -0.494 e. The molecule has 0 aliphatic rings. The van der Waals surface area contributed by atoms with E-state index in [1.165, 1.54) is 13.2 Å². The van der Waals surface area contributed by atoms with Crippen molar-refractivity contribution < 1.29 is 28.6 Å². The van der Waals surface area contributed by atoms with E-state index in [-0.39, 0.29) is 0 Å². The first-order valence-corrected chi connectivity index (χ1v) is 8.33. The maximum absolute atomic E-state index is 12.1. The molecule has 0 aliphatic heterocycles. The molecule has 0 aliphatic carbocycles. The van der Waals surface area contributed by atoms with Crippen molar-refractivity contribution in [3.05, 3.63) is 59.2 Å². The Morgan fingerprint density at radius 1 is 0.963 bits per heavy atom. The fraction of sp³-hybridized carbons (Fsp3) is 0.250. The highest BCUT2D eigenvalue weighted by atomic mass is 16.5. The lowest BCUT2D eigenvalue weighted by molar-refractivity contribution is -0.119. The van der Waals surface area contributed by atoms with Gasteiger partial charge in [0.25, 0.3) is 5.91 Å². The van der Waals surface area contributed by atoms with E-state index in [1.54, 1.807) is 43.3 Å². The third-order valence-corrected chi connectivity index (χ3v) is 3.67. The van der Waals surface area contributed by atoms with Crippen LogP contribution in [0.5, 0.6) is 5.75 Å². The Labute approximate surface area is 157 Å². The molecule has 2 aromatic carbocycles. The predicted octanol–water partition coefficient (Wildman–Crippen LogP) is 2.98. The summed E-state index contributed by atoms with van der Waals surface area (Å²) in [6.07, 6.45) is 0. The third kappa shape index (κ3) is 5.57. The monoisotopic (exact) mass is 371 g/mol. The Kier molecular flexibility index (Phi) is 6.93. The number of benzene rings is 2. The number of carbonyl (C=O) groups is 3. The summed E-state index contributed by atoms with van der Waals surface area (Å²) < 4.78 is 15.0. The van der Waals surface area contributed by atoms with Crippen LogP contribution in [0.1, 0.15) is 33.2 Å². The number of nitrogens with one attached hydrogen (secondary N) is 1. The van der Waals surface area contributed by atoms with Crippen molar-refractivity contribution in [2.75, 3.05) is 25.6 Å². The zero-order valence-electron chi connectivity index (χ0n) is 15.4. The number of rotatable bonds is 7. The van der Waals surface area contributed by atoms with Gasteiger partial charge in [-0.15, -0.1) is 0 Å². The van der Waals surface area contributed by atoms with Gasteiger partial charge in [-0.2, -0.15) is 0 Å². The molecule has 2 rings (SSSR count). The minimum atomic E-state index is -0.617. The summed E-state index contributed by atoms with van der Waals surface area (Å²) in [4.78, 5) is 35.7. The molecular formula is C20H21NO6. The molecule has 2 aromatic rings. The standard InChI is InChI=1S/C20H21NO6/c1-4-26-16-9-7-14(8-10-16)20(24)27-12-18(22)21-17-11-15(19(23)25-3)6-5-13(17)2/h5-11H,4,12H2,1-3H3,(H,21,22). The van der Waals surface area contributed by atoms with Crippen molar-refractivity contribution in [3.8, 4) is 5.75 Å². The molecule has 0 radical (unpaired) electrons. The molecule has 0 unspecified atom stereocenters. The van der Waals surface area contributed by atoms with E-state index in [0.29, 0.717) is 29.2 Å². The number of methoxy groups -OCH3 is 1. The van der Waals surface area contributed by atoms with Crippen LogP contribution in [-0.4, -0.2) is 38.2 Å². The van der Waals surface area contributed by atoms with Gasteiger partial charge in [0.2, 0.25) is 0 Å². The molecule has 0 heterocycles. The molecule has 142 valence electrons. The van der Waals surface area contributed by atoms with Gasteiger partial charge in [0, 0.05) is 5.69 Å². The fourth-order valence-electron chi connectivity index (χ4n) is 2.26. The highest BCUT2D eigenvalue weighted by molar-refractivity contribution is 5.97. The summed E-state index contributed by atoms with van der Waals surface area (Å²) in [5.74, 6) is -0.993. The first kappa shape index (κ1) is 20.0. The minimum absolute atomic E-state index is 0.310. The number of hydrogen-bond acceptors (Lipinski definition) is 6. The van der Waals surface area contributed by atoms with Crippen molar-refractivity contribution in [2.24, 2.45) is 0 Å². The van der Waals surface area contributed by atoms with Crippen molar-refractivity contribution in [3.63, 3.8) is 0 Å². The van der Waals surface area contributed by atoms with Gasteiger partial charge in [-0.05, 0) is 55.8 Å². The number of carbonyl (C=O) groups excluding carboxylic acids is 3.